The third-order valence-corrected chi connectivity index (χ3v) is 6.06. The SMILES string of the molecule is CCN(Cc1ccc(OCCN(C)CC2CCOCC2)cc1)c1ccc(OC)c(OC)c1. The van der Waals surface area contributed by atoms with Crippen LogP contribution in [0.25, 0.3) is 0 Å². The van der Waals surface area contributed by atoms with E-state index in [-0.39, 0.29) is 0 Å². The van der Waals surface area contributed by atoms with Gasteiger partial charge in [0.05, 0.1) is 14.2 Å². The van der Waals surface area contributed by atoms with Crippen molar-refractivity contribution >= 4 is 5.69 Å². The van der Waals surface area contributed by atoms with Gasteiger partial charge in [-0.05, 0) is 62.6 Å². The maximum Gasteiger partial charge on any atom is 0.162 e. The van der Waals surface area contributed by atoms with Gasteiger partial charge in [0.1, 0.15) is 12.4 Å². The van der Waals surface area contributed by atoms with E-state index in [1.54, 1.807) is 14.2 Å². The molecule has 2 aromatic carbocycles. The molecular formula is C26H38N2O4. The minimum absolute atomic E-state index is 0.700. The fraction of sp³-hybridized carbons (Fsp3) is 0.538. The Morgan fingerprint density at radius 1 is 0.969 bits per heavy atom. The van der Waals surface area contributed by atoms with Gasteiger partial charge in [-0.1, -0.05) is 12.1 Å². The lowest BCUT2D eigenvalue weighted by atomic mass is 10.00. The summed E-state index contributed by atoms with van der Waals surface area (Å²) in [6, 6.07) is 14.5. The van der Waals surface area contributed by atoms with Crippen LogP contribution in [0, 0.1) is 5.92 Å². The minimum Gasteiger partial charge on any atom is -0.493 e. The highest BCUT2D eigenvalue weighted by molar-refractivity contribution is 5.56. The standard InChI is InChI=1S/C26H38N2O4/c1-5-28(23-8-11-25(29-3)26(18-23)30-4)20-21-6-9-24(10-7-21)32-17-14-27(2)19-22-12-15-31-16-13-22/h6-11,18,22H,5,12-17,19-20H2,1-4H3. The van der Waals surface area contributed by atoms with Crippen molar-refractivity contribution < 1.29 is 18.9 Å². The maximum atomic E-state index is 5.98. The summed E-state index contributed by atoms with van der Waals surface area (Å²) in [5.41, 5.74) is 2.35. The average Bonchev–Trinajstić information content (AvgIpc) is 2.83. The number of benzene rings is 2. The number of nitrogens with zero attached hydrogens (tertiary/aromatic N) is 2. The lowest BCUT2D eigenvalue weighted by Crippen LogP contribution is -2.32. The zero-order valence-electron chi connectivity index (χ0n) is 20.0. The first-order valence-electron chi connectivity index (χ1n) is 11.6. The Kier molecular flexibility index (Phi) is 9.50. The number of ether oxygens (including phenoxy) is 4. The van der Waals surface area contributed by atoms with E-state index in [4.69, 9.17) is 18.9 Å². The Morgan fingerprint density at radius 3 is 2.34 bits per heavy atom. The highest BCUT2D eigenvalue weighted by Gasteiger charge is 2.15. The zero-order valence-corrected chi connectivity index (χ0v) is 20.0. The van der Waals surface area contributed by atoms with E-state index in [0.29, 0.717) is 6.61 Å². The van der Waals surface area contributed by atoms with Crippen molar-refractivity contribution in [1.82, 2.24) is 4.90 Å². The predicted octanol–water partition coefficient (Wildman–Crippen LogP) is 4.47. The molecule has 6 nitrogen and oxygen atoms in total. The number of methoxy groups -OCH3 is 2. The molecule has 1 aliphatic rings. The van der Waals surface area contributed by atoms with E-state index in [0.717, 1.165) is 68.2 Å². The molecule has 0 bridgehead atoms. The summed E-state index contributed by atoms with van der Waals surface area (Å²) in [4.78, 5) is 4.68. The van der Waals surface area contributed by atoms with Gasteiger partial charge in [0.2, 0.25) is 0 Å². The van der Waals surface area contributed by atoms with Crippen LogP contribution >= 0.6 is 0 Å². The summed E-state index contributed by atoms with van der Waals surface area (Å²) in [5.74, 6) is 3.16. The Labute approximate surface area is 193 Å². The van der Waals surface area contributed by atoms with Gasteiger partial charge >= 0.3 is 0 Å². The van der Waals surface area contributed by atoms with Gasteiger partial charge < -0.3 is 28.7 Å². The first kappa shape index (κ1) is 24.2. The van der Waals surface area contributed by atoms with Gasteiger partial charge in [-0.3, -0.25) is 0 Å². The molecule has 3 rings (SSSR count). The molecular weight excluding hydrogens is 404 g/mol. The van der Waals surface area contributed by atoms with Crippen LogP contribution in [0.3, 0.4) is 0 Å². The average molecular weight is 443 g/mol. The molecule has 1 saturated heterocycles. The molecule has 1 aliphatic heterocycles. The number of anilines is 1. The first-order chi connectivity index (χ1) is 15.6. The smallest absolute Gasteiger partial charge is 0.162 e. The fourth-order valence-corrected chi connectivity index (χ4v) is 4.10. The number of hydrogen-bond acceptors (Lipinski definition) is 6. The van der Waals surface area contributed by atoms with Crippen LogP contribution in [-0.4, -0.2) is 65.6 Å². The van der Waals surface area contributed by atoms with Crippen LogP contribution < -0.4 is 19.1 Å². The first-order valence-corrected chi connectivity index (χ1v) is 11.6. The molecule has 6 heteroatoms. The molecule has 0 atom stereocenters. The molecule has 0 amide bonds. The van der Waals surface area contributed by atoms with Crippen molar-refractivity contribution in [1.29, 1.82) is 0 Å². The quantitative estimate of drug-likeness (QED) is 0.483. The van der Waals surface area contributed by atoms with Gasteiger partial charge in [0.15, 0.2) is 11.5 Å². The van der Waals surface area contributed by atoms with Crippen LogP contribution in [0.15, 0.2) is 42.5 Å². The molecule has 0 N–H and O–H groups in total. The lowest BCUT2D eigenvalue weighted by molar-refractivity contribution is 0.0543. The van der Waals surface area contributed by atoms with Crippen molar-refractivity contribution in [3.63, 3.8) is 0 Å². The Morgan fingerprint density at radius 2 is 1.69 bits per heavy atom. The minimum atomic E-state index is 0.700. The summed E-state index contributed by atoms with van der Waals surface area (Å²) in [6.45, 7) is 8.44. The van der Waals surface area contributed by atoms with E-state index in [2.05, 4.69) is 54.1 Å². The van der Waals surface area contributed by atoms with E-state index >= 15 is 0 Å². The molecule has 32 heavy (non-hydrogen) atoms. The highest BCUT2D eigenvalue weighted by atomic mass is 16.5. The number of rotatable bonds is 12. The molecule has 0 aliphatic carbocycles. The molecule has 0 aromatic heterocycles. The van der Waals surface area contributed by atoms with Crippen LogP contribution in [-0.2, 0) is 11.3 Å². The van der Waals surface area contributed by atoms with E-state index in [1.165, 1.54) is 18.4 Å². The molecule has 2 aromatic rings. The third kappa shape index (κ3) is 7.04. The van der Waals surface area contributed by atoms with Crippen LogP contribution in [0.4, 0.5) is 5.69 Å². The highest BCUT2D eigenvalue weighted by Crippen LogP contribution is 2.32. The van der Waals surface area contributed by atoms with Crippen molar-refractivity contribution in [2.24, 2.45) is 5.92 Å². The van der Waals surface area contributed by atoms with Gasteiger partial charge in [-0.15, -0.1) is 0 Å². The van der Waals surface area contributed by atoms with Crippen LogP contribution in [0.5, 0.6) is 17.2 Å². The normalized spacial score (nSPS) is 14.4. The molecule has 0 spiro atoms. The molecule has 176 valence electrons. The number of hydrogen-bond donors (Lipinski definition) is 0. The molecule has 0 unspecified atom stereocenters. The molecule has 1 heterocycles. The molecule has 1 fully saturated rings. The second-order valence-electron chi connectivity index (χ2n) is 8.36. The van der Waals surface area contributed by atoms with E-state index < -0.39 is 0 Å². The van der Waals surface area contributed by atoms with E-state index in [1.807, 2.05) is 12.1 Å². The fourth-order valence-electron chi connectivity index (χ4n) is 4.10. The summed E-state index contributed by atoms with van der Waals surface area (Å²) in [5, 5.41) is 0. The Bertz CT molecular complexity index is 806. The molecule has 0 saturated carbocycles. The topological polar surface area (TPSA) is 43.4 Å². The summed E-state index contributed by atoms with van der Waals surface area (Å²) >= 11 is 0. The summed E-state index contributed by atoms with van der Waals surface area (Å²) in [7, 11) is 5.50. The second-order valence-corrected chi connectivity index (χ2v) is 8.36. The Balaban J connectivity index is 1.48. The van der Waals surface area contributed by atoms with Gasteiger partial charge in [-0.25, -0.2) is 0 Å². The molecule has 0 radical (unpaired) electrons. The summed E-state index contributed by atoms with van der Waals surface area (Å²) in [6.07, 6.45) is 2.34. The van der Waals surface area contributed by atoms with Crippen molar-refractivity contribution in [3.8, 4) is 17.2 Å². The zero-order chi connectivity index (χ0) is 22.8. The second kappa shape index (κ2) is 12.6. The Hall–Kier alpha value is -2.44. The maximum absolute atomic E-state index is 5.98. The largest absolute Gasteiger partial charge is 0.493 e. The van der Waals surface area contributed by atoms with Gasteiger partial charge in [-0.2, -0.15) is 0 Å². The van der Waals surface area contributed by atoms with Gasteiger partial charge in [0.25, 0.3) is 0 Å². The predicted molar refractivity (Wildman–Crippen MR) is 129 cm³/mol. The summed E-state index contributed by atoms with van der Waals surface area (Å²) < 4.78 is 22.2. The van der Waals surface area contributed by atoms with Crippen LogP contribution in [0.1, 0.15) is 25.3 Å². The van der Waals surface area contributed by atoms with Crippen LogP contribution in [0.2, 0.25) is 0 Å². The van der Waals surface area contributed by atoms with Gasteiger partial charge in [0, 0.05) is 51.1 Å². The number of likely N-dealkylation sites (N-methyl/N-ethyl adjacent to an activating group) is 1. The van der Waals surface area contributed by atoms with Crippen molar-refractivity contribution in [2.75, 3.05) is 65.6 Å². The van der Waals surface area contributed by atoms with Crippen molar-refractivity contribution in [2.45, 2.75) is 26.3 Å². The third-order valence-electron chi connectivity index (χ3n) is 6.06. The van der Waals surface area contributed by atoms with Crippen molar-refractivity contribution in [3.05, 3.63) is 48.0 Å². The monoisotopic (exact) mass is 442 g/mol. The lowest BCUT2D eigenvalue weighted by Gasteiger charge is -2.27. The van der Waals surface area contributed by atoms with E-state index in [9.17, 15) is 0 Å².